The third-order valence-electron chi connectivity index (χ3n) is 5.42. The minimum Gasteiger partial charge on any atom is -0.858 e. The first-order valence-corrected chi connectivity index (χ1v) is 13.9. The Hall–Kier alpha value is -1.98. The minimum atomic E-state index is -4.76. The molecule has 1 atom stereocenters. The number of hydrogen-bond acceptors (Lipinski definition) is 6. The zero-order chi connectivity index (χ0) is 27.5. The predicted octanol–water partition coefficient (Wildman–Crippen LogP) is 5.67. The monoisotopic (exact) mass is 552 g/mol. The van der Waals surface area contributed by atoms with Crippen molar-refractivity contribution >= 4 is 34.3 Å². The summed E-state index contributed by atoms with van der Waals surface area (Å²) in [5.74, 6) is -0.829. The smallest absolute Gasteiger partial charge is 0.417 e. The van der Waals surface area contributed by atoms with Crippen molar-refractivity contribution in [2.75, 3.05) is 32.4 Å². The summed E-state index contributed by atoms with van der Waals surface area (Å²) in [4.78, 5) is 2.78. The lowest BCUT2D eigenvalue weighted by atomic mass is 10.1. The highest BCUT2D eigenvalue weighted by Gasteiger charge is 2.36. The van der Waals surface area contributed by atoms with E-state index >= 15 is 0 Å². The maximum absolute atomic E-state index is 12.9. The highest BCUT2D eigenvalue weighted by atomic mass is 35.5. The van der Waals surface area contributed by atoms with Crippen molar-refractivity contribution in [3.05, 3.63) is 34.2 Å². The molecule has 0 amide bonds. The Morgan fingerprint density at radius 3 is 1.92 bits per heavy atom. The maximum atomic E-state index is 12.9. The van der Waals surface area contributed by atoms with Gasteiger partial charge in [0.2, 0.25) is 5.89 Å². The molecule has 2 aromatic rings. The lowest BCUT2D eigenvalue weighted by molar-refractivity contribution is -0.928. The van der Waals surface area contributed by atoms with Crippen molar-refractivity contribution in [1.82, 2.24) is 10.2 Å². The number of aromatic nitrogens is 2. The molecule has 0 aliphatic carbocycles. The van der Waals surface area contributed by atoms with Crippen LogP contribution in [0.1, 0.15) is 70.4 Å². The van der Waals surface area contributed by atoms with Crippen molar-refractivity contribution in [2.45, 2.75) is 71.4 Å². The van der Waals surface area contributed by atoms with Crippen molar-refractivity contribution in [3.8, 4) is 0 Å². The summed E-state index contributed by atoms with van der Waals surface area (Å²) < 4.78 is 56.7. The Morgan fingerprint density at radius 1 is 1.06 bits per heavy atom. The second kappa shape index (κ2) is 14.7. The first kappa shape index (κ1) is 32.0. The van der Waals surface area contributed by atoms with E-state index in [1.807, 2.05) is 0 Å². The molecule has 12 heteroatoms. The van der Waals surface area contributed by atoms with Crippen LogP contribution in [-0.4, -0.2) is 57.2 Å². The number of nitrogens with zero attached hydrogens (tertiary/aromatic N) is 4. The molecule has 0 aliphatic rings. The van der Waals surface area contributed by atoms with E-state index < -0.39 is 38.4 Å². The molecule has 0 saturated carbocycles. The van der Waals surface area contributed by atoms with Crippen LogP contribution in [0.5, 0.6) is 0 Å². The third kappa shape index (κ3) is 9.15. The molecule has 7 nitrogen and oxygen atoms in total. The fraction of sp³-hybridized carbons (Fsp3) is 0.625. The number of halogens is 4. The average molecular weight is 553 g/mol. The van der Waals surface area contributed by atoms with E-state index in [4.69, 9.17) is 16.0 Å². The third-order valence-corrected chi connectivity index (χ3v) is 6.93. The molecule has 1 unspecified atom stereocenters. The Labute approximate surface area is 218 Å². The Morgan fingerprint density at radius 2 is 1.56 bits per heavy atom. The van der Waals surface area contributed by atoms with Crippen LogP contribution >= 0.6 is 11.6 Å². The van der Waals surface area contributed by atoms with Crippen LogP contribution in [0.3, 0.4) is 0 Å². The molecule has 1 aromatic heterocycles. The second-order valence-corrected chi connectivity index (χ2v) is 10.2. The topological polar surface area (TPSA) is 91.4 Å². The summed E-state index contributed by atoms with van der Waals surface area (Å²) in [5.41, 5.74) is -1.52. The van der Waals surface area contributed by atoms with E-state index in [1.165, 1.54) is 63.3 Å². The van der Waals surface area contributed by atoms with E-state index in [-0.39, 0.29) is 17.5 Å². The SMILES string of the molecule is CCC[N+](CCC)(CCC)CCC.Cc1nnc(N=C([O-])c2ccc(C(F)(F)F)c(S(C)=O)c2Cl)o1. The Bertz CT molecular complexity index is 999. The van der Waals surface area contributed by atoms with Gasteiger partial charge >= 0.3 is 12.2 Å². The average Bonchev–Trinajstić information content (AvgIpc) is 3.18. The summed E-state index contributed by atoms with van der Waals surface area (Å²) in [6, 6.07) is 1.13. The molecule has 0 saturated heterocycles. The van der Waals surface area contributed by atoms with Gasteiger partial charge in [0.1, 0.15) is 0 Å². The highest BCUT2D eigenvalue weighted by molar-refractivity contribution is 7.84. The standard InChI is InChI=1S/C12H9ClF3N3O3S.C12H28N/c1-5-18-19-11(22-5)17-10(20)6-3-4-7(12(14,15)16)9(8(6)13)23(2)21;1-5-9-13(10-6-2,11-7-3)12-8-4/h3-4H,1-2H3,(H,17,19,20);5-12H2,1-4H3/q;+1/p-1. The summed E-state index contributed by atoms with van der Waals surface area (Å²) in [6.07, 6.45) is 1.61. The van der Waals surface area contributed by atoms with E-state index in [1.54, 1.807) is 0 Å². The number of rotatable bonds is 11. The molecule has 0 bridgehead atoms. The number of aryl methyl sites for hydroxylation is 1. The van der Waals surface area contributed by atoms with Gasteiger partial charge in [-0.2, -0.15) is 13.2 Å². The van der Waals surface area contributed by atoms with Gasteiger partial charge < -0.3 is 14.0 Å². The number of hydrogen-bond donors (Lipinski definition) is 0. The maximum Gasteiger partial charge on any atom is 0.417 e. The summed E-state index contributed by atoms with van der Waals surface area (Å²) in [6.45, 7) is 16.3. The Kier molecular flexibility index (Phi) is 13.1. The van der Waals surface area contributed by atoms with Gasteiger partial charge in [-0.15, -0.1) is 5.10 Å². The zero-order valence-corrected chi connectivity index (χ0v) is 23.3. The van der Waals surface area contributed by atoms with Crippen molar-refractivity contribution in [3.63, 3.8) is 0 Å². The van der Waals surface area contributed by atoms with Gasteiger partial charge in [-0.3, -0.25) is 4.21 Å². The fourth-order valence-electron chi connectivity index (χ4n) is 4.27. The van der Waals surface area contributed by atoms with Crippen LogP contribution in [0.25, 0.3) is 0 Å². The lowest BCUT2D eigenvalue weighted by Crippen LogP contribution is -2.50. The lowest BCUT2D eigenvalue weighted by Gasteiger charge is -2.38. The zero-order valence-electron chi connectivity index (χ0n) is 21.7. The van der Waals surface area contributed by atoms with Crippen LogP contribution in [0.4, 0.5) is 19.2 Å². The quantitative estimate of drug-likeness (QED) is 0.203. The van der Waals surface area contributed by atoms with Gasteiger partial charge in [0.25, 0.3) is 0 Å². The predicted molar refractivity (Wildman–Crippen MR) is 135 cm³/mol. The molecule has 36 heavy (non-hydrogen) atoms. The van der Waals surface area contributed by atoms with Crippen molar-refractivity contribution in [1.29, 1.82) is 0 Å². The molecule has 0 aliphatic heterocycles. The number of aliphatic imine (C=N–C) groups is 1. The van der Waals surface area contributed by atoms with Crippen LogP contribution < -0.4 is 5.11 Å². The summed E-state index contributed by atoms with van der Waals surface area (Å²) in [5, 5.41) is 18.4. The van der Waals surface area contributed by atoms with Gasteiger partial charge in [0, 0.05) is 24.6 Å². The number of benzene rings is 1. The molecule has 0 radical (unpaired) electrons. The van der Waals surface area contributed by atoms with Gasteiger partial charge in [0.05, 0.1) is 52.5 Å². The van der Waals surface area contributed by atoms with Crippen LogP contribution in [0.2, 0.25) is 5.02 Å². The van der Waals surface area contributed by atoms with Crippen LogP contribution in [0.15, 0.2) is 26.4 Å². The largest absolute Gasteiger partial charge is 0.858 e. The molecule has 0 N–H and O–H groups in total. The van der Waals surface area contributed by atoms with Gasteiger partial charge in [-0.05, 0) is 31.7 Å². The van der Waals surface area contributed by atoms with E-state index in [0.29, 0.717) is 6.07 Å². The second-order valence-electron chi connectivity index (χ2n) is 8.51. The van der Waals surface area contributed by atoms with Gasteiger partial charge in [-0.1, -0.05) is 50.5 Å². The summed E-state index contributed by atoms with van der Waals surface area (Å²) in [7, 11) is -2.06. The van der Waals surface area contributed by atoms with Gasteiger partial charge in [0.15, 0.2) is 0 Å². The number of alkyl halides is 3. The van der Waals surface area contributed by atoms with Crippen molar-refractivity contribution in [2.24, 2.45) is 4.99 Å². The van der Waals surface area contributed by atoms with Crippen LogP contribution in [0, 0.1) is 6.92 Å². The molecular formula is C24H36ClF3N4O3S. The molecule has 2 rings (SSSR count). The van der Waals surface area contributed by atoms with Crippen LogP contribution in [-0.2, 0) is 17.0 Å². The molecule has 0 fully saturated rings. The highest BCUT2D eigenvalue weighted by Crippen LogP contribution is 2.38. The van der Waals surface area contributed by atoms with Crippen molar-refractivity contribution < 1.29 is 31.4 Å². The molecule has 1 heterocycles. The molecular weight excluding hydrogens is 517 g/mol. The molecule has 0 spiro atoms. The van der Waals surface area contributed by atoms with E-state index in [2.05, 4.69) is 42.9 Å². The Balaban J connectivity index is 0.000000426. The fourth-order valence-corrected chi connectivity index (χ4v) is 5.70. The van der Waals surface area contributed by atoms with Gasteiger partial charge in [-0.25, -0.2) is 4.99 Å². The van der Waals surface area contributed by atoms with E-state index in [0.717, 1.165) is 12.3 Å². The number of quaternary nitrogens is 1. The van der Waals surface area contributed by atoms with E-state index in [9.17, 15) is 22.5 Å². The first-order valence-electron chi connectivity index (χ1n) is 12.0. The molecule has 204 valence electrons. The minimum absolute atomic E-state index is 0.158. The first-order chi connectivity index (χ1) is 16.9. The summed E-state index contributed by atoms with van der Waals surface area (Å²) >= 11 is 5.84. The normalized spacial score (nSPS) is 13.3. The molecule has 1 aromatic carbocycles.